The van der Waals surface area contributed by atoms with Crippen LogP contribution in [0.1, 0.15) is 37.5 Å². The fraction of sp³-hybridized carbons (Fsp3) is 0.105. The zero-order valence-corrected chi connectivity index (χ0v) is 12.9. The van der Waals surface area contributed by atoms with Crippen LogP contribution in [0, 0.1) is 0 Å². The number of ketones is 3. The number of carbonyl (C=O) groups excluding carboxylic acids is 3. The van der Waals surface area contributed by atoms with Crippen LogP contribution in [0.2, 0.25) is 0 Å². The highest BCUT2D eigenvalue weighted by Gasteiger charge is 2.32. The van der Waals surface area contributed by atoms with Crippen molar-refractivity contribution in [3.8, 4) is 5.75 Å². The van der Waals surface area contributed by atoms with Gasteiger partial charge in [-0.05, 0) is 24.3 Å². The standard InChI is InChI=1S/C19H14O5/c1-24-12-8-6-11(7-9-12)16(20)10-15-17(21)13-4-2-3-5-14(13)18(22)19(15)23/h2-9,23H,10H2,1H3. The van der Waals surface area contributed by atoms with Crippen LogP contribution in [0.15, 0.2) is 59.9 Å². The minimum absolute atomic E-state index is 0.153. The van der Waals surface area contributed by atoms with Crippen LogP contribution in [0.4, 0.5) is 0 Å². The Labute approximate surface area is 138 Å². The topological polar surface area (TPSA) is 80.7 Å². The summed E-state index contributed by atoms with van der Waals surface area (Å²) in [7, 11) is 1.52. The fourth-order valence-electron chi connectivity index (χ4n) is 2.62. The molecule has 0 spiro atoms. The zero-order valence-electron chi connectivity index (χ0n) is 12.9. The summed E-state index contributed by atoms with van der Waals surface area (Å²) in [5.74, 6) is -1.54. The van der Waals surface area contributed by atoms with Gasteiger partial charge in [0.05, 0.1) is 12.7 Å². The number of hydrogen-bond acceptors (Lipinski definition) is 5. The summed E-state index contributed by atoms with van der Waals surface area (Å²) in [5.41, 5.74) is 0.563. The third kappa shape index (κ3) is 2.60. The molecule has 2 aromatic carbocycles. The van der Waals surface area contributed by atoms with Gasteiger partial charge in [0.15, 0.2) is 17.3 Å². The number of benzene rings is 2. The Morgan fingerprint density at radius 3 is 2.12 bits per heavy atom. The predicted molar refractivity (Wildman–Crippen MR) is 86.7 cm³/mol. The molecular weight excluding hydrogens is 308 g/mol. The molecule has 0 unspecified atom stereocenters. The molecule has 0 aliphatic heterocycles. The van der Waals surface area contributed by atoms with Crippen molar-refractivity contribution in [2.24, 2.45) is 0 Å². The predicted octanol–water partition coefficient (Wildman–Crippen LogP) is 3.16. The van der Waals surface area contributed by atoms with E-state index >= 15 is 0 Å². The van der Waals surface area contributed by atoms with E-state index in [9.17, 15) is 19.5 Å². The van der Waals surface area contributed by atoms with Crippen LogP contribution < -0.4 is 4.74 Å². The summed E-state index contributed by atoms with van der Waals surface area (Å²) < 4.78 is 5.03. The third-order valence-corrected chi connectivity index (χ3v) is 3.94. The van der Waals surface area contributed by atoms with E-state index in [1.165, 1.54) is 19.2 Å². The smallest absolute Gasteiger partial charge is 0.228 e. The molecule has 2 aromatic rings. The molecule has 1 N–H and O–H groups in total. The molecule has 0 heterocycles. The van der Waals surface area contributed by atoms with Crippen LogP contribution in [0.5, 0.6) is 5.75 Å². The van der Waals surface area contributed by atoms with Gasteiger partial charge in [0.2, 0.25) is 5.78 Å². The van der Waals surface area contributed by atoms with E-state index < -0.39 is 17.3 Å². The Bertz CT molecular complexity index is 875. The van der Waals surface area contributed by atoms with E-state index in [0.717, 1.165) is 0 Å². The van der Waals surface area contributed by atoms with Gasteiger partial charge in [0.1, 0.15) is 5.75 Å². The first kappa shape index (κ1) is 15.7. The van der Waals surface area contributed by atoms with Gasteiger partial charge < -0.3 is 9.84 Å². The monoisotopic (exact) mass is 322 g/mol. The Morgan fingerprint density at radius 2 is 1.54 bits per heavy atom. The first-order chi connectivity index (χ1) is 11.5. The summed E-state index contributed by atoms with van der Waals surface area (Å²) in [6.45, 7) is 0. The van der Waals surface area contributed by atoms with E-state index in [-0.39, 0.29) is 28.9 Å². The van der Waals surface area contributed by atoms with Gasteiger partial charge in [-0.2, -0.15) is 0 Å². The highest BCUT2D eigenvalue weighted by Crippen LogP contribution is 2.28. The van der Waals surface area contributed by atoms with Crippen LogP contribution in [-0.4, -0.2) is 29.6 Å². The number of methoxy groups -OCH3 is 1. The SMILES string of the molecule is COc1ccc(C(=O)CC2=C(O)C(=O)c3ccccc3C2=O)cc1. The lowest BCUT2D eigenvalue weighted by Crippen LogP contribution is -2.23. The van der Waals surface area contributed by atoms with Gasteiger partial charge in [0, 0.05) is 23.1 Å². The van der Waals surface area contributed by atoms with Crippen molar-refractivity contribution in [2.75, 3.05) is 7.11 Å². The molecular formula is C19H14O5. The Hall–Kier alpha value is -3.21. The second-order valence-corrected chi connectivity index (χ2v) is 5.36. The summed E-state index contributed by atoms with van der Waals surface area (Å²) in [5, 5.41) is 10.1. The number of carbonyl (C=O) groups is 3. The first-order valence-corrected chi connectivity index (χ1v) is 7.30. The molecule has 0 atom stereocenters. The van der Waals surface area contributed by atoms with Crippen molar-refractivity contribution in [1.82, 2.24) is 0 Å². The van der Waals surface area contributed by atoms with E-state index in [0.29, 0.717) is 11.3 Å². The highest BCUT2D eigenvalue weighted by molar-refractivity contribution is 6.27. The summed E-state index contributed by atoms with van der Waals surface area (Å²) in [6.07, 6.45) is -0.336. The fourth-order valence-corrected chi connectivity index (χ4v) is 2.62. The molecule has 0 saturated carbocycles. The minimum Gasteiger partial charge on any atom is -0.504 e. The van der Waals surface area contributed by atoms with Gasteiger partial charge >= 0.3 is 0 Å². The molecule has 3 rings (SSSR count). The molecule has 24 heavy (non-hydrogen) atoms. The molecule has 0 saturated heterocycles. The molecule has 120 valence electrons. The maximum atomic E-state index is 12.5. The van der Waals surface area contributed by atoms with Crippen molar-refractivity contribution in [3.05, 3.63) is 76.6 Å². The Morgan fingerprint density at radius 1 is 0.958 bits per heavy atom. The van der Waals surface area contributed by atoms with Gasteiger partial charge in [0.25, 0.3) is 0 Å². The van der Waals surface area contributed by atoms with Gasteiger partial charge in [-0.1, -0.05) is 24.3 Å². The van der Waals surface area contributed by atoms with E-state index in [1.54, 1.807) is 36.4 Å². The summed E-state index contributed by atoms with van der Waals surface area (Å²) in [4.78, 5) is 37.1. The summed E-state index contributed by atoms with van der Waals surface area (Å²) in [6, 6.07) is 12.6. The molecule has 1 aliphatic rings. The normalized spacial score (nSPS) is 13.7. The third-order valence-electron chi connectivity index (χ3n) is 3.94. The Balaban J connectivity index is 1.91. The second kappa shape index (κ2) is 6.12. The van der Waals surface area contributed by atoms with Gasteiger partial charge in [-0.15, -0.1) is 0 Å². The molecule has 1 aliphatic carbocycles. The number of aliphatic hydroxyl groups is 1. The lowest BCUT2D eigenvalue weighted by molar-refractivity contribution is 0.0910. The van der Waals surface area contributed by atoms with E-state index in [1.807, 2.05) is 0 Å². The largest absolute Gasteiger partial charge is 0.504 e. The van der Waals surface area contributed by atoms with Crippen molar-refractivity contribution in [2.45, 2.75) is 6.42 Å². The van der Waals surface area contributed by atoms with E-state index in [2.05, 4.69) is 0 Å². The van der Waals surface area contributed by atoms with Crippen molar-refractivity contribution < 1.29 is 24.2 Å². The highest BCUT2D eigenvalue weighted by atomic mass is 16.5. The summed E-state index contributed by atoms with van der Waals surface area (Å²) >= 11 is 0. The Kier molecular flexibility index (Phi) is 4.00. The number of Topliss-reactive ketones (excluding diaryl/α,β-unsaturated/α-hetero) is 3. The van der Waals surface area contributed by atoms with Crippen LogP contribution in [0.25, 0.3) is 0 Å². The average Bonchev–Trinajstić information content (AvgIpc) is 2.63. The molecule has 0 aromatic heterocycles. The number of hydrogen-bond donors (Lipinski definition) is 1. The zero-order chi connectivity index (χ0) is 17.3. The van der Waals surface area contributed by atoms with Crippen LogP contribution >= 0.6 is 0 Å². The van der Waals surface area contributed by atoms with Crippen molar-refractivity contribution in [3.63, 3.8) is 0 Å². The van der Waals surface area contributed by atoms with Crippen LogP contribution in [-0.2, 0) is 0 Å². The van der Waals surface area contributed by atoms with Crippen molar-refractivity contribution in [1.29, 1.82) is 0 Å². The molecule has 0 bridgehead atoms. The number of allylic oxidation sites excluding steroid dienone is 2. The minimum atomic E-state index is -0.652. The molecule has 0 radical (unpaired) electrons. The number of rotatable bonds is 4. The van der Waals surface area contributed by atoms with Gasteiger partial charge in [-0.25, -0.2) is 0 Å². The van der Waals surface area contributed by atoms with Crippen molar-refractivity contribution >= 4 is 17.3 Å². The second-order valence-electron chi connectivity index (χ2n) is 5.36. The quantitative estimate of drug-likeness (QED) is 0.875. The van der Waals surface area contributed by atoms with Crippen LogP contribution in [0.3, 0.4) is 0 Å². The number of fused-ring (bicyclic) bond motifs is 1. The first-order valence-electron chi connectivity index (χ1n) is 7.30. The van der Waals surface area contributed by atoms with Gasteiger partial charge in [-0.3, -0.25) is 14.4 Å². The molecule has 0 amide bonds. The maximum Gasteiger partial charge on any atom is 0.228 e. The lowest BCUT2D eigenvalue weighted by Gasteiger charge is -2.17. The maximum absolute atomic E-state index is 12.5. The molecule has 5 heteroatoms. The lowest BCUT2D eigenvalue weighted by atomic mass is 9.85. The number of aliphatic hydroxyl groups excluding tert-OH is 1. The van der Waals surface area contributed by atoms with E-state index in [4.69, 9.17) is 4.74 Å². The molecule has 0 fully saturated rings. The average molecular weight is 322 g/mol. The number of ether oxygens (including phenoxy) is 1. The molecule has 5 nitrogen and oxygen atoms in total.